The minimum Gasteiger partial charge on any atom is -0.431 e. The maximum absolute atomic E-state index is 5.82. The van der Waals surface area contributed by atoms with Gasteiger partial charge in [0.05, 0.1) is 12.1 Å². The van der Waals surface area contributed by atoms with Gasteiger partial charge in [0.15, 0.2) is 5.58 Å². The number of aromatic nitrogens is 3. The van der Waals surface area contributed by atoms with E-state index in [4.69, 9.17) is 9.40 Å². The van der Waals surface area contributed by atoms with Crippen LogP contribution < -0.4 is 0 Å². The first kappa shape index (κ1) is 15.1. The van der Waals surface area contributed by atoms with Crippen LogP contribution in [-0.2, 0) is 6.54 Å². The number of para-hydroxylation sites is 3. The van der Waals surface area contributed by atoms with E-state index in [1.54, 1.807) is 0 Å². The Hall–Kier alpha value is -2.44. The molecule has 0 radical (unpaired) electrons. The summed E-state index contributed by atoms with van der Waals surface area (Å²) in [6.07, 6.45) is 0. The van der Waals surface area contributed by atoms with E-state index in [0.717, 1.165) is 32.9 Å². The van der Waals surface area contributed by atoms with E-state index in [1.165, 1.54) is 11.8 Å². The van der Waals surface area contributed by atoms with Crippen LogP contribution in [0.15, 0.2) is 63.2 Å². The SMILES string of the molecule is CN(C)Cc1nc(Sc2nc3ccccc3o2)c2ccccc2n1. The Morgan fingerprint density at radius 2 is 1.67 bits per heavy atom. The summed E-state index contributed by atoms with van der Waals surface area (Å²) in [5.41, 5.74) is 2.57. The van der Waals surface area contributed by atoms with Crippen molar-refractivity contribution in [2.75, 3.05) is 14.1 Å². The second-order valence-corrected chi connectivity index (χ2v) is 6.69. The molecular formula is C18H16N4OS. The van der Waals surface area contributed by atoms with Gasteiger partial charge in [-0.2, -0.15) is 0 Å². The van der Waals surface area contributed by atoms with E-state index in [0.29, 0.717) is 11.8 Å². The van der Waals surface area contributed by atoms with E-state index in [1.807, 2.05) is 62.6 Å². The number of hydrogen-bond donors (Lipinski definition) is 0. The molecule has 0 aliphatic heterocycles. The number of benzene rings is 2. The Labute approximate surface area is 143 Å². The Kier molecular flexibility index (Phi) is 3.92. The number of oxazole rings is 1. The van der Waals surface area contributed by atoms with Gasteiger partial charge in [0.25, 0.3) is 5.22 Å². The van der Waals surface area contributed by atoms with Crippen LogP contribution in [0.1, 0.15) is 5.82 Å². The second kappa shape index (κ2) is 6.22. The van der Waals surface area contributed by atoms with Gasteiger partial charge in [0, 0.05) is 5.39 Å². The summed E-state index contributed by atoms with van der Waals surface area (Å²) in [6.45, 7) is 0.686. The molecule has 4 aromatic rings. The number of fused-ring (bicyclic) bond motifs is 2. The zero-order valence-corrected chi connectivity index (χ0v) is 14.2. The van der Waals surface area contributed by atoms with Gasteiger partial charge in [-0.1, -0.05) is 30.3 Å². The van der Waals surface area contributed by atoms with Gasteiger partial charge in [-0.25, -0.2) is 15.0 Å². The fraction of sp³-hybridized carbons (Fsp3) is 0.167. The van der Waals surface area contributed by atoms with Gasteiger partial charge in [-0.05, 0) is 44.1 Å². The zero-order chi connectivity index (χ0) is 16.5. The van der Waals surface area contributed by atoms with E-state index >= 15 is 0 Å². The summed E-state index contributed by atoms with van der Waals surface area (Å²) < 4.78 is 5.82. The molecule has 0 aliphatic carbocycles. The van der Waals surface area contributed by atoms with Crippen LogP contribution in [0.3, 0.4) is 0 Å². The van der Waals surface area contributed by atoms with E-state index < -0.39 is 0 Å². The van der Waals surface area contributed by atoms with Crippen molar-refractivity contribution in [3.63, 3.8) is 0 Å². The third-order valence-electron chi connectivity index (χ3n) is 3.53. The Bertz CT molecular complexity index is 979. The molecule has 4 rings (SSSR count). The molecule has 0 saturated carbocycles. The standard InChI is InChI=1S/C18H16N4OS/c1-22(2)11-16-19-13-8-4-3-7-12(13)17(21-16)24-18-20-14-9-5-6-10-15(14)23-18/h3-10H,11H2,1-2H3. The van der Waals surface area contributed by atoms with Crippen molar-refractivity contribution < 1.29 is 4.42 Å². The molecular weight excluding hydrogens is 320 g/mol. The largest absolute Gasteiger partial charge is 0.431 e. The minimum absolute atomic E-state index is 0.593. The van der Waals surface area contributed by atoms with Gasteiger partial charge in [0.2, 0.25) is 0 Å². The van der Waals surface area contributed by atoms with E-state index in [-0.39, 0.29) is 0 Å². The highest BCUT2D eigenvalue weighted by Gasteiger charge is 2.13. The molecule has 0 unspecified atom stereocenters. The average Bonchev–Trinajstić information content (AvgIpc) is 2.96. The molecule has 0 amide bonds. The molecule has 0 N–H and O–H groups in total. The van der Waals surface area contributed by atoms with Crippen LogP contribution in [-0.4, -0.2) is 33.9 Å². The van der Waals surface area contributed by atoms with Crippen LogP contribution in [0, 0.1) is 0 Å². The lowest BCUT2D eigenvalue weighted by atomic mass is 10.2. The fourth-order valence-corrected chi connectivity index (χ4v) is 3.38. The maximum Gasteiger partial charge on any atom is 0.263 e. The highest BCUT2D eigenvalue weighted by Crippen LogP contribution is 2.32. The Morgan fingerprint density at radius 3 is 2.46 bits per heavy atom. The van der Waals surface area contributed by atoms with Crippen LogP contribution in [0.2, 0.25) is 0 Å². The third-order valence-corrected chi connectivity index (χ3v) is 4.38. The van der Waals surface area contributed by atoms with Crippen molar-refractivity contribution in [1.82, 2.24) is 19.9 Å². The lowest BCUT2D eigenvalue weighted by molar-refractivity contribution is 0.389. The van der Waals surface area contributed by atoms with Crippen LogP contribution in [0.25, 0.3) is 22.0 Å². The predicted octanol–water partition coefficient (Wildman–Crippen LogP) is 3.98. The highest BCUT2D eigenvalue weighted by molar-refractivity contribution is 7.99. The third kappa shape index (κ3) is 2.98. The molecule has 0 atom stereocenters. The summed E-state index contributed by atoms with van der Waals surface area (Å²) in [7, 11) is 4.01. The molecule has 2 aromatic carbocycles. The monoisotopic (exact) mass is 336 g/mol. The summed E-state index contributed by atoms with van der Waals surface area (Å²) in [6, 6.07) is 15.8. The predicted molar refractivity (Wildman–Crippen MR) is 95.1 cm³/mol. The van der Waals surface area contributed by atoms with Crippen LogP contribution in [0.5, 0.6) is 0 Å². The van der Waals surface area contributed by atoms with Gasteiger partial charge in [0.1, 0.15) is 16.4 Å². The van der Waals surface area contributed by atoms with Crippen molar-refractivity contribution in [1.29, 1.82) is 0 Å². The molecule has 0 spiro atoms. The minimum atomic E-state index is 0.593. The molecule has 5 nitrogen and oxygen atoms in total. The van der Waals surface area contributed by atoms with Crippen LogP contribution in [0.4, 0.5) is 0 Å². The van der Waals surface area contributed by atoms with Gasteiger partial charge in [-0.15, -0.1) is 0 Å². The molecule has 0 aliphatic rings. The van der Waals surface area contributed by atoms with Crippen molar-refractivity contribution in [3.05, 3.63) is 54.4 Å². The Morgan fingerprint density at radius 1 is 0.917 bits per heavy atom. The molecule has 0 bridgehead atoms. The first-order chi connectivity index (χ1) is 11.7. The second-order valence-electron chi connectivity index (χ2n) is 5.75. The van der Waals surface area contributed by atoms with Crippen molar-refractivity contribution >= 4 is 33.8 Å². The zero-order valence-electron chi connectivity index (χ0n) is 13.4. The summed E-state index contributed by atoms with van der Waals surface area (Å²) in [5, 5.41) is 2.46. The van der Waals surface area contributed by atoms with Crippen molar-refractivity contribution in [2.45, 2.75) is 16.8 Å². The molecule has 2 heterocycles. The lowest BCUT2D eigenvalue weighted by Gasteiger charge is -2.10. The number of hydrogen-bond acceptors (Lipinski definition) is 6. The van der Waals surface area contributed by atoms with Gasteiger partial charge < -0.3 is 9.32 Å². The normalized spacial score (nSPS) is 11.6. The quantitative estimate of drug-likeness (QED) is 0.525. The molecule has 120 valence electrons. The summed E-state index contributed by atoms with van der Waals surface area (Å²) in [5.74, 6) is 0.789. The first-order valence-corrected chi connectivity index (χ1v) is 8.44. The average molecular weight is 336 g/mol. The van der Waals surface area contributed by atoms with Crippen molar-refractivity contribution in [2.24, 2.45) is 0 Å². The first-order valence-electron chi connectivity index (χ1n) is 7.63. The molecule has 6 heteroatoms. The topological polar surface area (TPSA) is 55.1 Å². The molecule has 2 aromatic heterocycles. The molecule has 0 fully saturated rings. The summed E-state index contributed by atoms with van der Waals surface area (Å²) >= 11 is 1.44. The van der Waals surface area contributed by atoms with Crippen LogP contribution >= 0.6 is 11.8 Å². The maximum atomic E-state index is 5.82. The van der Waals surface area contributed by atoms with Gasteiger partial charge >= 0.3 is 0 Å². The van der Waals surface area contributed by atoms with Gasteiger partial charge in [-0.3, -0.25) is 0 Å². The number of rotatable bonds is 4. The lowest BCUT2D eigenvalue weighted by Crippen LogP contribution is -2.13. The van der Waals surface area contributed by atoms with E-state index in [9.17, 15) is 0 Å². The molecule has 24 heavy (non-hydrogen) atoms. The van der Waals surface area contributed by atoms with E-state index in [2.05, 4.69) is 14.9 Å². The van der Waals surface area contributed by atoms with Crippen molar-refractivity contribution in [3.8, 4) is 0 Å². The Balaban J connectivity index is 1.79. The fourth-order valence-electron chi connectivity index (χ4n) is 2.50. The highest BCUT2D eigenvalue weighted by atomic mass is 32.2. The molecule has 0 saturated heterocycles. The number of nitrogens with zero attached hydrogens (tertiary/aromatic N) is 4. The summed E-state index contributed by atoms with van der Waals surface area (Å²) in [4.78, 5) is 15.9. The smallest absolute Gasteiger partial charge is 0.263 e.